The second-order valence-electron chi connectivity index (χ2n) is 5.15. The van der Waals surface area contributed by atoms with Gasteiger partial charge >= 0.3 is 0 Å². The molecule has 1 atom stereocenters. The molecule has 20 heavy (non-hydrogen) atoms. The maximum atomic E-state index is 6.35. The molecule has 0 N–H and O–H groups in total. The monoisotopic (exact) mass is 287 g/mol. The van der Waals surface area contributed by atoms with Crippen LogP contribution >= 0.6 is 11.6 Å². The SMILES string of the molecule is CC[C@@H](Cl)CN(Cc1ccccc1)Cc1ccccc1. The minimum atomic E-state index is 0.211. The molecule has 0 aromatic heterocycles. The third-order valence-electron chi connectivity index (χ3n) is 3.40. The van der Waals surface area contributed by atoms with Gasteiger partial charge in [0.25, 0.3) is 0 Å². The molecule has 0 fully saturated rings. The molecule has 0 saturated carbocycles. The quantitative estimate of drug-likeness (QED) is 0.667. The molecule has 0 radical (unpaired) electrons. The van der Waals surface area contributed by atoms with Crippen LogP contribution in [0.3, 0.4) is 0 Å². The Kier molecular flexibility index (Phi) is 6.10. The second-order valence-corrected chi connectivity index (χ2v) is 5.76. The van der Waals surface area contributed by atoms with E-state index in [1.54, 1.807) is 0 Å². The molecular formula is C18H22ClN. The minimum Gasteiger partial charge on any atom is -0.293 e. The van der Waals surface area contributed by atoms with Crippen molar-refractivity contribution in [2.24, 2.45) is 0 Å². The molecule has 106 valence electrons. The number of nitrogens with zero attached hydrogens (tertiary/aromatic N) is 1. The second kappa shape index (κ2) is 8.08. The zero-order chi connectivity index (χ0) is 14.2. The Morgan fingerprint density at radius 2 is 1.30 bits per heavy atom. The number of hydrogen-bond donors (Lipinski definition) is 0. The van der Waals surface area contributed by atoms with Crippen LogP contribution in [0.5, 0.6) is 0 Å². The Morgan fingerprint density at radius 1 is 0.850 bits per heavy atom. The van der Waals surface area contributed by atoms with Crippen molar-refractivity contribution in [3.05, 3.63) is 71.8 Å². The van der Waals surface area contributed by atoms with E-state index in [1.165, 1.54) is 11.1 Å². The molecule has 2 aromatic carbocycles. The fraction of sp³-hybridized carbons (Fsp3) is 0.333. The largest absolute Gasteiger partial charge is 0.293 e. The van der Waals surface area contributed by atoms with Gasteiger partial charge in [0.1, 0.15) is 0 Å². The molecule has 2 aromatic rings. The molecule has 0 unspecified atom stereocenters. The molecule has 0 aliphatic heterocycles. The highest BCUT2D eigenvalue weighted by atomic mass is 35.5. The van der Waals surface area contributed by atoms with Gasteiger partial charge < -0.3 is 0 Å². The number of benzene rings is 2. The summed E-state index contributed by atoms with van der Waals surface area (Å²) in [6.45, 7) is 4.95. The summed E-state index contributed by atoms with van der Waals surface area (Å²) in [7, 11) is 0. The summed E-state index contributed by atoms with van der Waals surface area (Å²) in [6, 6.07) is 21.2. The zero-order valence-electron chi connectivity index (χ0n) is 12.0. The average molecular weight is 288 g/mol. The van der Waals surface area contributed by atoms with Crippen LogP contribution in [-0.4, -0.2) is 16.8 Å². The molecule has 0 amide bonds. The van der Waals surface area contributed by atoms with E-state index in [0.29, 0.717) is 0 Å². The molecular weight excluding hydrogens is 266 g/mol. The van der Waals surface area contributed by atoms with E-state index in [0.717, 1.165) is 26.1 Å². The molecule has 0 bridgehead atoms. The minimum absolute atomic E-state index is 0.211. The molecule has 2 heteroatoms. The van der Waals surface area contributed by atoms with Crippen molar-refractivity contribution < 1.29 is 0 Å². The summed E-state index contributed by atoms with van der Waals surface area (Å²) in [5.74, 6) is 0. The average Bonchev–Trinajstić information content (AvgIpc) is 2.49. The maximum absolute atomic E-state index is 6.35. The molecule has 0 spiro atoms. The lowest BCUT2D eigenvalue weighted by Gasteiger charge is -2.24. The van der Waals surface area contributed by atoms with Crippen molar-refractivity contribution in [3.8, 4) is 0 Å². The van der Waals surface area contributed by atoms with Crippen LogP contribution < -0.4 is 0 Å². The van der Waals surface area contributed by atoms with Crippen molar-refractivity contribution in [2.45, 2.75) is 31.8 Å². The van der Waals surface area contributed by atoms with Gasteiger partial charge in [0, 0.05) is 25.0 Å². The predicted molar refractivity (Wildman–Crippen MR) is 86.9 cm³/mol. The van der Waals surface area contributed by atoms with Crippen molar-refractivity contribution in [1.82, 2.24) is 4.90 Å². The van der Waals surface area contributed by atoms with Crippen LogP contribution in [0.2, 0.25) is 0 Å². The van der Waals surface area contributed by atoms with E-state index in [1.807, 2.05) is 0 Å². The van der Waals surface area contributed by atoms with Gasteiger partial charge in [-0.3, -0.25) is 4.90 Å². The van der Waals surface area contributed by atoms with E-state index in [9.17, 15) is 0 Å². The predicted octanol–water partition coefficient (Wildman–Crippen LogP) is 4.71. The van der Waals surface area contributed by atoms with Crippen LogP contribution in [0.25, 0.3) is 0 Å². The molecule has 0 saturated heterocycles. The van der Waals surface area contributed by atoms with Crippen molar-refractivity contribution in [2.75, 3.05) is 6.54 Å². The fourth-order valence-electron chi connectivity index (χ4n) is 2.28. The van der Waals surface area contributed by atoms with Gasteiger partial charge in [-0.25, -0.2) is 0 Å². The van der Waals surface area contributed by atoms with Gasteiger partial charge in [0.2, 0.25) is 0 Å². The molecule has 0 heterocycles. The van der Waals surface area contributed by atoms with E-state index in [2.05, 4.69) is 72.5 Å². The van der Waals surface area contributed by atoms with Crippen LogP contribution in [0.4, 0.5) is 0 Å². The summed E-state index contributed by atoms with van der Waals surface area (Å²) >= 11 is 6.35. The van der Waals surface area contributed by atoms with Gasteiger partial charge in [-0.15, -0.1) is 11.6 Å². The van der Waals surface area contributed by atoms with Crippen molar-refractivity contribution in [3.63, 3.8) is 0 Å². The van der Waals surface area contributed by atoms with Crippen LogP contribution in [-0.2, 0) is 13.1 Å². The highest BCUT2D eigenvalue weighted by Gasteiger charge is 2.11. The van der Waals surface area contributed by atoms with Crippen LogP contribution in [0, 0.1) is 0 Å². The van der Waals surface area contributed by atoms with Crippen LogP contribution in [0.1, 0.15) is 24.5 Å². The summed E-state index contributed by atoms with van der Waals surface area (Å²) in [5, 5.41) is 0.211. The topological polar surface area (TPSA) is 3.24 Å². The zero-order valence-corrected chi connectivity index (χ0v) is 12.8. The molecule has 0 aliphatic carbocycles. The van der Waals surface area contributed by atoms with E-state index in [-0.39, 0.29) is 5.38 Å². The Bertz CT molecular complexity index is 442. The number of alkyl halides is 1. The summed E-state index contributed by atoms with van der Waals surface area (Å²) in [5.41, 5.74) is 2.67. The lowest BCUT2D eigenvalue weighted by atomic mass is 10.1. The van der Waals surface area contributed by atoms with Gasteiger partial charge in [-0.1, -0.05) is 67.6 Å². The lowest BCUT2D eigenvalue weighted by molar-refractivity contribution is 0.255. The van der Waals surface area contributed by atoms with Crippen molar-refractivity contribution >= 4 is 11.6 Å². The Balaban J connectivity index is 2.04. The maximum Gasteiger partial charge on any atom is 0.0460 e. The first-order chi connectivity index (χ1) is 9.78. The standard InChI is InChI=1S/C18H22ClN/c1-2-18(19)15-20(13-16-9-5-3-6-10-16)14-17-11-7-4-8-12-17/h3-12,18H,2,13-15H2,1H3/t18-/m1/s1. The fourth-order valence-corrected chi connectivity index (χ4v) is 2.47. The number of halogens is 1. The number of rotatable bonds is 7. The molecule has 0 aliphatic rings. The first-order valence-corrected chi connectivity index (χ1v) is 7.66. The smallest absolute Gasteiger partial charge is 0.0460 e. The van der Waals surface area contributed by atoms with Gasteiger partial charge in [-0.05, 0) is 17.5 Å². The first-order valence-electron chi connectivity index (χ1n) is 7.22. The van der Waals surface area contributed by atoms with E-state index >= 15 is 0 Å². The van der Waals surface area contributed by atoms with E-state index < -0.39 is 0 Å². The van der Waals surface area contributed by atoms with Gasteiger partial charge in [-0.2, -0.15) is 0 Å². The third-order valence-corrected chi connectivity index (χ3v) is 3.84. The lowest BCUT2D eigenvalue weighted by Crippen LogP contribution is -2.29. The van der Waals surface area contributed by atoms with Crippen LogP contribution in [0.15, 0.2) is 60.7 Å². The third kappa shape index (κ3) is 4.99. The summed E-state index contributed by atoms with van der Waals surface area (Å²) in [4.78, 5) is 2.42. The molecule has 2 rings (SSSR count). The van der Waals surface area contributed by atoms with Crippen molar-refractivity contribution in [1.29, 1.82) is 0 Å². The van der Waals surface area contributed by atoms with Gasteiger partial charge in [0.15, 0.2) is 0 Å². The first kappa shape index (κ1) is 15.1. The summed E-state index contributed by atoms with van der Waals surface area (Å²) in [6.07, 6.45) is 1.00. The highest BCUT2D eigenvalue weighted by molar-refractivity contribution is 6.20. The Hall–Kier alpha value is -1.31. The Morgan fingerprint density at radius 3 is 1.70 bits per heavy atom. The summed E-state index contributed by atoms with van der Waals surface area (Å²) < 4.78 is 0. The Labute approximate surface area is 127 Å². The number of hydrogen-bond acceptors (Lipinski definition) is 1. The van der Waals surface area contributed by atoms with Gasteiger partial charge in [0.05, 0.1) is 0 Å². The molecule has 1 nitrogen and oxygen atoms in total. The highest BCUT2D eigenvalue weighted by Crippen LogP contribution is 2.13. The normalized spacial score (nSPS) is 12.6. The van der Waals surface area contributed by atoms with E-state index in [4.69, 9.17) is 11.6 Å².